The average molecular weight is 465 g/mol. The van der Waals surface area contributed by atoms with E-state index in [-0.39, 0.29) is 11.9 Å². The van der Waals surface area contributed by atoms with Gasteiger partial charge in [0.15, 0.2) is 0 Å². The van der Waals surface area contributed by atoms with E-state index in [1.54, 1.807) is 19.0 Å². The lowest BCUT2D eigenvalue weighted by molar-refractivity contribution is 0.0827. The second kappa shape index (κ2) is 10.1. The topological polar surface area (TPSA) is 82.9 Å². The summed E-state index contributed by atoms with van der Waals surface area (Å²) in [5.41, 5.74) is 3.20. The first-order valence-corrected chi connectivity index (χ1v) is 11.5. The van der Waals surface area contributed by atoms with Gasteiger partial charge in [-0.05, 0) is 49.4 Å². The van der Waals surface area contributed by atoms with Gasteiger partial charge in [-0.2, -0.15) is 0 Å². The molecule has 34 heavy (non-hydrogen) atoms. The van der Waals surface area contributed by atoms with E-state index in [4.69, 9.17) is 9.72 Å². The first-order chi connectivity index (χ1) is 16.4. The van der Waals surface area contributed by atoms with Crippen molar-refractivity contribution in [2.24, 2.45) is 7.05 Å². The predicted molar refractivity (Wildman–Crippen MR) is 132 cm³/mol. The lowest BCUT2D eigenvalue weighted by Gasteiger charge is -2.34. The molecule has 0 saturated carbocycles. The van der Waals surface area contributed by atoms with Crippen LogP contribution in [0.4, 0.5) is 10.5 Å². The van der Waals surface area contributed by atoms with Crippen LogP contribution in [0, 0.1) is 0 Å². The number of aryl methyl sites for hydroxylation is 1. The highest BCUT2D eigenvalue weighted by molar-refractivity contribution is 5.97. The van der Waals surface area contributed by atoms with Gasteiger partial charge in [0.1, 0.15) is 11.6 Å². The largest absolute Gasteiger partial charge is 0.494 e. The van der Waals surface area contributed by atoms with Gasteiger partial charge in [-0.15, -0.1) is 0 Å². The number of urea groups is 1. The maximum absolute atomic E-state index is 12.7. The van der Waals surface area contributed by atoms with E-state index in [1.165, 1.54) is 0 Å². The number of piperazine rings is 1. The molecule has 9 nitrogen and oxygen atoms in total. The number of benzene rings is 2. The molecule has 1 aliphatic rings. The molecule has 0 aliphatic carbocycles. The standard InChI is InChI=1S/C25H32N6O3/c1-5-34-20-9-7-19(8-10-20)26-25(33)31-14-12-30(13-15-31)17-23-27-21-16-18(24(32)28(2)3)6-11-22(21)29(23)4/h6-11,16H,5,12-15,17H2,1-4H3,(H,26,33). The number of rotatable bonds is 6. The summed E-state index contributed by atoms with van der Waals surface area (Å²) < 4.78 is 7.52. The van der Waals surface area contributed by atoms with Crippen LogP contribution in [0.2, 0.25) is 0 Å². The zero-order valence-corrected chi connectivity index (χ0v) is 20.2. The van der Waals surface area contributed by atoms with Crippen molar-refractivity contribution in [2.75, 3.05) is 52.2 Å². The van der Waals surface area contributed by atoms with Crippen LogP contribution >= 0.6 is 0 Å². The Morgan fingerprint density at radius 1 is 1.06 bits per heavy atom. The van der Waals surface area contributed by atoms with E-state index in [9.17, 15) is 9.59 Å². The zero-order valence-electron chi connectivity index (χ0n) is 20.2. The van der Waals surface area contributed by atoms with Gasteiger partial charge < -0.3 is 24.4 Å². The van der Waals surface area contributed by atoms with Crippen LogP contribution in [0.25, 0.3) is 11.0 Å². The molecule has 1 N–H and O–H groups in total. The SMILES string of the molecule is CCOc1ccc(NC(=O)N2CCN(Cc3nc4cc(C(=O)N(C)C)ccc4n3C)CC2)cc1. The van der Waals surface area contributed by atoms with Gasteiger partial charge in [-0.25, -0.2) is 9.78 Å². The van der Waals surface area contributed by atoms with Gasteiger partial charge in [-0.1, -0.05) is 0 Å². The number of carbonyl (C=O) groups excluding carboxylic acids is 2. The first kappa shape index (κ1) is 23.6. The van der Waals surface area contributed by atoms with E-state index in [0.29, 0.717) is 31.8 Å². The Bertz CT molecular complexity index is 1160. The molecule has 2 aromatic carbocycles. The molecule has 180 valence electrons. The first-order valence-electron chi connectivity index (χ1n) is 11.5. The highest BCUT2D eigenvalue weighted by Gasteiger charge is 2.23. The van der Waals surface area contributed by atoms with Gasteiger partial charge in [-0.3, -0.25) is 9.69 Å². The molecule has 0 atom stereocenters. The number of hydrogen-bond acceptors (Lipinski definition) is 5. The molecule has 3 aromatic rings. The number of aromatic nitrogens is 2. The minimum atomic E-state index is -0.0929. The van der Waals surface area contributed by atoms with Crippen LogP contribution < -0.4 is 10.1 Å². The van der Waals surface area contributed by atoms with Crippen molar-refractivity contribution in [3.63, 3.8) is 0 Å². The molecule has 1 fully saturated rings. The van der Waals surface area contributed by atoms with Gasteiger partial charge >= 0.3 is 6.03 Å². The van der Waals surface area contributed by atoms with Crippen molar-refractivity contribution < 1.29 is 14.3 Å². The van der Waals surface area contributed by atoms with E-state index in [1.807, 2.05) is 61.3 Å². The molecule has 0 spiro atoms. The summed E-state index contributed by atoms with van der Waals surface area (Å²) in [6, 6.07) is 13.0. The molecule has 4 rings (SSSR count). The molecule has 1 aliphatic heterocycles. The van der Waals surface area contributed by atoms with E-state index in [0.717, 1.165) is 41.4 Å². The van der Waals surface area contributed by atoms with Crippen molar-refractivity contribution in [3.8, 4) is 5.75 Å². The lowest BCUT2D eigenvalue weighted by Crippen LogP contribution is -2.49. The smallest absolute Gasteiger partial charge is 0.321 e. The summed E-state index contributed by atoms with van der Waals surface area (Å²) >= 11 is 0. The van der Waals surface area contributed by atoms with Crippen molar-refractivity contribution in [1.82, 2.24) is 24.3 Å². The molecule has 3 amide bonds. The van der Waals surface area contributed by atoms with E-state index in [2.05, 4.69) is 14.8 Å². The third-order valence-electron chi connectivity index (χ3n) is 6.07. The Kier molecular flexibility index (Phi) is 7.02. The maximum Gasteiger partial charge on any atom is 0.321 e. The van der Waals surface area contributed by atoms with Gasteiger partial charge in [0.05, 0.1) is 24.2 Å². The number of fused-ring (bicyclic) bond motifs is 1. The van der Waals surface area contributed by atoms with Crippen molar-refractivity contribution in [2.45, 2.75) is 13.5 Å². The fourth-order valence-corrected chi connectivity index (χ4v) is 4.10. The van der Waals surface area contributed by atoms with E-state index >= 15 is 0 Å². The van der Waals surface area contributed by atoms with Crippen molar-refractivity contribution in [3.05, 3.63) is 53.9 Å². The fraction of sp³-hybridized carbons (Fsp3) is 0.400. The Hall–Kier alpha value is -3.59. The second-order valence-corrected chi connectivity index (χ2v) is 8.64. The fourth-order valence-electron chi connectivity index (χ4n) is 4.10. The summed E-state index contributed by atoms with van der Waals surface area (Å²) in [5.74, 6) is 1.70. The molecule has 1 aromatic heterocycles. The van der Waals surface area contributed by atoms with Crippen molar-refractivity contribution >= 4 is 28.7 Å². The highest BCUT2D eigenvalue weighted by Crippen LogP contribution is 2.20. The van der Waals surface area contributed by atoms with Crippen LogP contribution in [0.15, 0.2) is 42.5 Å². The van der Waals surface area contributed by atoms with Crippen molar-refractivity contribution in [1.29, 1.82) is 0 Å². The molecule has 9 heteroatoms. The summed E-state index contributed by atoms with van der Waals surface area (Å²) in [4.78, 5) is 35.4. The molecule has 0 unspecified atom stereocenters. The Morgan fingerprint density at radius 2 is 1.76 bits per heavy atom. The van der Waals surface area contributed by atoms with Crippen LogP contribution in [0.5, 0.6) is 5.75 Å². The highest BCUT2D eigenvalue weighted by atomic mass is 16.5. The number of anilines is 1. The number of amides is 3. The third-order valence-corrected chi connectivity index (χ3v) is 6.07. The third kappa shape index (κ3) is 5.14. The molecule has 2 heterocycles. The number of imidazole rings is 1. The summed E-state index contributed by atoms with van der Waals surface area (Å²) in [7, 11) is 5.49. The number of nitrogens with one attached hydrogen (secondary N) is 1. The molecular weight excluding hydrogens is 432 g/mol. The Labute approximate surface area is 199 Å². The summed E-state index contributed by atoms with van der Waals surface area (Å²) in [6.07, 6.45) is 0. The molecule has 0 radical (unpaired) electrons. The second-order valence-electron chi connectivity index (χ2n) is 8.64. The summed E-state index contributed by atoms with van der Waals surface area (Å²) in [6.45, 7) is 6.07. The van der Waals surface area contributed by atoms with Crippen LogP contribution in [-0.4, -0.2) is 83.1 Å². The Morgan fingerprint density at radius 3 is 2.41 bits per heavy atom. The Balaban J connectivity index is 1.34. The number of carbonyl (C=O) groups is 2. The number of nitrogens with zero attached hydrogens (tertiary/aromatic N) is 5. The predicted octanol–water partition coefficient (Wildman–Crippen LogP) is 3.02. The minimum absolute atomic E-state index is 0.0336. The lowest BCUT2D eigenvalue weighted by atomic mass is 10.2. The maximum atomic E-state index is 12.7. The van der Waals surface area contributed by atoms with Crippen LogP contribution in [0.1, 0.15) is 23.1 Å². The van der Waals surface area contributed by atoms with Gasteiger partial charge in [0.25, 0.3) is 5.91 Å². The van der Waals surface area contributed by atoms with E-state index < -0.39 is 0 Å². The molecular formula is C25H32N6O3. The normalized spacial score (nSPS) is 14.3. The molecule has 0 bridgehead atoms. The zero-order chi connectivity index (χ0) is 24.2. The average Bonchev–Trinajstić information content (AvgIpc) is 3.14. The minimum Gasteiger partial charge on any atom is -0.494 e. The van der Waals surface area contributed by atoms with Crippen LogP contribution in [0.3, 0.4) is 0 Å². The van der Waals surface area contributed by atoms with Gasteiger partial charge in [0.2, 0.25) is 0 Å². The van der Waals surface area contributed by atoms with Crippen LogP contribution in [-0.2, 0) is 13.6 Å². The van der Waals surface area contributed by atoms with Gasteiger partial charge in [0, 0.05) is 58.6 Å². The number of ether oxygens (including phenoxy) is 1. The summed E-state index contributed by atoms with van der Waals surface area (Å²) in [5, 5.41) is 2.96. The molecule has 1 saturated heterocycles. The quantitative estimate of drug-likeness (QED) is 0.606. The number of hydrogen-bond donors (Lipinski definition) is 1. The monoisotopic (exact) mass is 464 g/mol.